The molecule has 0 saturated heterocycles. The molecule has 2 atom stereocenters. The third-order valence-electron chi connectivity index (χ3n) is 6.66. The SMILES string of the molecule is Cc1nc2ccc(-c3c[nH]c4nc(N(C)[C@@H]5CCC[C@@H](N)C5)cnc34)c(Cl)c2c(=O)n1C. The second-order valence-corrected chi connectivity index (χ2v) is 9.04. The molecule has 3 aromatic heterocycles. The standard InChI is InChI=1S/C23H26ClN7O/c1-12-28-17-8-7-15(20(24)19(17)23(32)30(12)2)16-10-27-22-21(16)26-11-18(29-22)31(3)14-6-4-5-13(25)9-14/h7-8,10-11,13-14H,4-6,9,25H2,1-3H3,(H,27,29)/t13-,14-/m1/s1. The van der Waals surface area contributed by atoms with E-state index in [4.69, 9.17) is 27.3 Å². The number of hydrogen-bond donors (Lipinski definition) is 2. The largest absolute Gasteiger partial charge is 0.355 e. The van der Waals surface area contributed by atoms with Crippen molar-refractivity contribution in [2.75, 3.05) is 11.9 Å². The van der Waals surface area contributed by atoms with Crippen LogP contribution in [-0.2, 0) is 7.05 Å². The van der Waals surface area contributed by atoms with E-state index in [0.29, 0.717) is 39.0 Å². The number of H-pyrrole nitrogens is 1. The van der Waals surface area contributed by atoms with Gasteiger partial charge in [0.1, 0.15) is 17.2 Å². The Balaban J connectivity index is 1.57. The number of aryl methyl sites for hydroxylation is 1. The molecule has 5 rings (SSSR count). The van der Waals surface area contributed by atoms with Crippen LogP contribution in [0.1, 0.15) is 31.5 Å². The number of halogens is 1. The van der Waals surface area contributed by atoms with Crippen molar-refractivity contribution in [2.45, 2.75) is 44.7 Å². The molecule has 1 aliphatic rings. The molecule has 8 nitrogen and oxygen atoms in total. The van der Waals surface area contributed by atoms with Crippen LogP contribution in [0, 0.1) is 6.92 Å². The Morgan fingerprint density at radius 2 is 2.06 bits per heavy atom. The zero-order valence-corrected chi connectivity index (χ0v) is 19.1. The molecular weight excluding hydrogens is 426 g/mol. The molecule has 3 heterocycles. The van der Waals surface area contributed by atoms with E-state index in [9.17, 15) is 4.79 Å². The Kier molecular flexibility index (Phi) is 5.14. The minimum Gasteiger partial charge on any atom is -0.355 e. The van der Waals surface area contributed by atoms with Gasteiger partial charge in [-0.1, -0.05) is 17.7 Å². The van der Waals surface area contributed by atoms with Gasteiger partial charge in [0.05, 0.1) is 22.1 Å². The first-order valence-corrected chi connectivity index (χ1v) is 11.2. The normalized spacial score (nSPS) is 19.0. The lowest BCUT2D eigenvalue weighted by atomic mass is 9.91. The number of anilines is 1. The summed E-state index contributed by atoms with van der Waals surface area (Å²) in [6, 6.07) is 4.31. The van der Waals surface area contributed by atoms with E-state index < -0.39 is 0 Å². The molecule has 0 amide bonds. The van der Waals surface area contributed by atoms with Crippen molar-refractivity contribution in [3.05, 3.63) is 45.7 Å². The maximum atomic E-state index is 12.8. The van der Waals surface area contributed by atoms with Gasteiger partial charge < -0.3 is 15.6 Å². The molecule has 0 radical (unpaired) electrons. The summed E-state index contributed by atoms with van der Waals surface area (Å²) in [5.41, 5.74) is 9.50. The Bertz CT molecular complexity index is 1390. The topological polar surface area (TPSA) is 106 Å². The van der Waals surface area contributed by atoms with E-state index in [1.165, 1.54) is 4.57 Å². The molecule has 1 aliphatic carbocycles. The molecule has 166 valence electrons. The lowest BCUT2D eigenvalue weighted by molar-refractivity contribution is 0.381. The first-order chi connectivity index (χ1) is 15.3. The van der Waals surface area contributed by atoms with E-state index in [1.807, 2.05) is 25.4 Å². The van der Waals surface area contributed by atoms with Crippen LogP contribution < -0.4 is 16.2 Å². The molecule has 1 saturated carbocycles. The lowest BCUT2D eigenvalue weighted by Crippen LogP contribution is -2.41. The molecule has 4 aromatic rings. The van der Waals surface area contributed by atoms with Crippen LogP contribution in [0.25, 0.3) is 33.2 Å². The summed E-state index contributed by atoms with van der Waals surface area (Å²) in [4.78, 5) is 32.2. The summed E-state index contributed by atoms with van der Waals surface area (Å²) in [6.45, 7) is 1.80. The number of hydrogen-bond acceptors (Lipinski definition) is 6. The molecular formula is C23H26ClN7O. The Hall–Kier alpha value is -2.97. The molecule has 0 unspecified atom stereocenters. The van der Waals surface area contributed by atoms with Crippen LogP contribution in [0.2, 0.25) is 5.02 Å². The highest BCUT2D eigenvalue weighted by Crippen LogP contribution is 2.36. The third kappa shape index (κ3) is 3.34. The fraction of sp³-hybridized carbons (Fsp3) is 0.391. The highest BCUT2D eigenvalue weighted by atomic mass is 35.5. The van der Waals surface area contributed by atoms with Crippen molar-refractivity contribution in [1.82, 2.24) is 24.5 Å². The average Bonchev–Trinajstić information content (AvgIpc) is 3.20. The summed E-state index contributed by atoms with van der Waals surface area (Å²) in [5, 5.41) is 0.778. The van der Waals surface area contributed by atoms with Crippen LogP contribution in [0.4, 0.5) is 5.82 Å². The molecule has 0 aliphatic heterocycles. The van der Waals surface area contributed by atoms with Gasteiger partial charge in [0, 0.05) is 43.5 Å². The van der Waals surface area contributed by atoms with Crippen LogP contribution in [0.3, 0.4) is 0 Å². The molecule has 0 bridgehead atoms. The lowest BCUT2D eigenvalue weighted by Gasteiger charge is -2.34. The summed E-state index contributed by atoms with van der Waals surface area (Å²) in [7, 11) is 3.74. The molecule has 3 N–H and O–H groups in total. The zero-order chi connectivity index (χ0) is 22.6. The number of nitrogens with zero attached hydrogens (tertiary/aromatic N) is 5. The number of rotatable bonds is 3. The van der Waals surface area contributed by atoms with Crippen LogP contribution in [0.15, 0.2) is 29.3 Å². The summed E-state index contributed by atoms with van der Waals surface area (Å²) in [5.74, 6) is 1.45. The number of aromatic nitrogens is 5. The Morgan fingerprint density at radius 3 is 2.84 bits per heavy atom. The quantitative estimate of drug-likeness (QED) is 0.493. The van der Waals surface area contributed by atoms with Gasteiger partial charge in [0.25, 0.3) is 5.56 Å². The van der Waals surface area contributed by atoms with E-state index in [1.54, 1.807) is 20.2 Å². The van der Waals surface area contributed by atoms with Crippen LogP contribution in [-0.4, -0.2) is 43.6 Å². The van der Waals surface area contributed by atoms with Gasteiger partial charge >= 0.3 is 0 Å². The number of fused-ring (bicyclic) bond motifs is 2. The van der Waals surface area contributed by atoms with E-state index in [-0.39, 0.29) is 11.6 Å². The predicted octanol–water partition coefficient (Wildman–Crippen LogP) is 3.54. The first-order valence-electron chi connectivity index (χ1n) is 10.8. The molecule has 9 heteroatoms. The van der Waals surface area contributed by atoms with Crippen LogP contribution >= 0.6 is 11.6 Å². The Morgan fingerprint density at radius 1 is 1.25 bits per heavy atom. The van der Waals surface area contributed by atoms with Gasteiger partial charge in [-0.2, -0.15) is 0 Å². The zero-order valence-electron chi connectivity index (χ0n) is 18.4. The second-order valence-electron chi connectivity index (χ2n) is 8.66. The van der Waals surface area contributed by atoms with Gasteiger partial charge in [-0.15, -0.1) is 0 Å². The number of nitrogens with one attached hydrogen (secondary N) is 1. The minimum absolute atomic E-state index is 0.167. The average molecular weight is 452 g/mol. The maximum Gasteiger partial charge on any atom is 0.262 e. The van der Waals surface area contributed by atoms with Crippen molar-refractivity contribution in [3.63, 3.8) is 0 Å². The highest BCUT2D eigenvalue weighted by Gasteiger charge is 2.24. The van der Waals surface area contributed by atoms with Crippen LogP contribution in [0.5, 0.6) is 0 Å². The van der Waals surface area contributed by atoms with E-state index in [0.717, 1.165) is 42.6 Å². The highest BCUT2D eigenvalue weighted by molar-refractivity contribution is 6.38. The van der Waals surface area contributed by atoms with Crippen molar-refractivity contribution >= 4 is 39.5 Å². The smallest absolute Gasteiger partial charge is 0.262 e. The van der Waals surface area contributed by atoms with E-state index in [2.05, 4.69) is 14.9 Å². The third-order valence-corrected chi connectivity index (χ3v) is 7.05. The molecule has 1 fully saturated rings. The fourth-order valence-electron chi connectivity index (χ4n) is 4.64. The maximum absolute atomic E-state index is 12.8. The van der Waals surface area contributed by atoms with Gasteiger partial charge in [-0.3, -0.25) is 9.36 Å². The monoisotopic (exact) mass is 451 g/mol. The first kappa shape index (κ1) is 20.9. The van der Waals surface area contributed by atoms with Crippen molar-refractivity contribution < 1.29 is 0 Å². The van der Waals surface area contributed by atoms with Crippen molar-refractivity contribution in [2.24, 2.45) is 12.8 Å². The van der Waals surface area contributed by atoms with Gasteiger partial charge in [0.15, 0.2) is 5.65 Å². The number of nitrogens with two attached hydrogens (primary N) is 1. The number of benzene rings is 1. The summed E-state index contributed by atoms with van der Waals surface area (Å²) >= 11 is 6.72. The molecule has 32 heavy (non-hydrogen) atoms. The van der Waals surface area contributed by atoms with Gasteiger partial charge in [0.2, 0.25) is 0 Å². The van der Waals surface area contributed by atoms with Crippen molar-refractivity contribution in [1.29, 1.82) is 0 Å². The Labute approximate surface area is 190 Å². The summed E-state index contributed by atoms with van der Waals surface area (Å²) in [6.07, 6.45) is 7.91. The van der Waals surface area contributed by atoms with Gasteiger partial charge in [-0.25, -0.2) is 15.0 Å². The predicted molar refractivity (Wildman–Crippen MR) is 128 cm³/mol. The molecule has 0 spiro atoms. The second kappa shape index (κ2) is 7.86. The number of aromatic amines is 1. The van der Waals surface area contributed by atoms with Gasteiger partial charge in [-0.05, 0) is 38.7 Å². The van der Waals surface area contributed by atoms with Crippen molar-refractivity contribution in [3.8, 4) is 11.1 Å². The fourth-order valence-corrected chi connectivity index (χ4v) is 4.98. The van der Waals surface area contributed by atoms with E-state index >= 15 is 0 Å². The molecule has 1 aromatic carbocycles. The minimum atomic E-state index is -0.167. The summed E-state index contributed by atoms with van der Waals surface area (Å²) < 4.78 is 1.51.